The van der Waals surface area contributed by atoms with E-state index in [1.165, 1.54) is 0 Å². The first-order valence-corrected chi connectivity index (χ1v) is 15.4. The molecule has 3 aromatic carbocycles. The smallest absolute Gasteiger partial charge is 0.258 e. The molecule has 1 unspecified atom stereocenters. The van der Waals surface area contributed by atoms with Gasteiger partial charge in [-0.25, -0.2) is 0 Å². The largest absolute Gasteiger partial charge is 0.489 e. The van der Waals surface area contributed by atoms with Crippen molar-refractivity contribution in [1.29, 1.82) is 0 Å². The van der Waals surface area contributed by atoms with Crippen LogP contribution in [-0.4, -0.2) is 42.2 Å². The van der Waals surface area contributed by atoms with Crippen LogP contribution >= 0.6 is 34.8 Å². The number of hydrogen-bond acceptors (Lipinski definition) is 5. The summed E-state index contributed by atoms with van der Waals surface area (Å²) in [7, 11) is 0. The zero-order chi connectivity index (χ0) is 30.3. The number of halogens is 3. The van der Waals surface area contributed by atoms with Crippen LogP contribution in [0.3, 0.4) is 0 Å². The summed E-state index contributed by atoms with van der Waals surface area (Å²) in [5.41, 5.74) is 1.88. The molecule has 1 amide bonds. The molecular formula is C33H40Cl3N3O3. The van der Waals surface area contributed by atoms with Crippen LogP contribution in [0.2, 0.25) is 15.1 Å². The van der Waals surface area contributed by atoms with Crippen molar-refractivity contribution in [3.63, 3.8) is 0 Å². The van der Waals surface area contributed by atoms with Crippen LogP contribution in [0.4, 0.5) is 0 Å². The fourth-order valence-electron chi connectivity index (χ4n) is 5.73. The minimum atomic E-state index is -0.181. The van der Waals surface area contributed by atoms with Gasteiger partial charge in [-0.2, -0.15) is 0 Å². The van der Waals surface area contributed by atoms with Gasteiger partial charge >= 0.3 is 0 Å². The van der Waals surface area contributed by atoms with Crippen molar-refractivity contribution in [1.82, 2.24) is 16.0 Å². The number of benzene rings is 3. The van der Waals surface area contributed by atoms with E-state index in [9.17, 15) is 4.79 Å². The first kappa shape index (κ1) is 32.4. The highest BCUT2D eigenvalue weighted by molar-refractivity contribution is 6.36. The van der Waals surface area contributed by atoms with Crippen molar-refractivity contribution < 1.29 is 14.3 Å². The van der Waals surface area contributed by atoms with Crippen LogP contribution in [0.1, 0.15) is 51.7 Å². The molecular weight excluding hydrogens is 593 g/mol. The van der Waals surface area contributed by atoms with Crippen LogP contribution < -0.4 is 25.4 Å². The lowest BCUT2D eigenvalue weighted by Crippen LogP contribution is -2.62. The van der Waals surface area contributed by atoms with Crippen LogP contribution in [0.15, 0.2) is 66.7 Å². The minimum absolute atomic E-state index is 0.0224. The maximum atomic E-state index is 12.9. The van der Waals surface area contributed by atoms with Crippen LogP contribution in [0.5, 0.6) is 11.5 Å². The standard InChI is InChI=1S/C33H40Cl3N3O3/c1-32(2)17-25(18-33(3,4)39-32)37-19-24(38-31(40)21-42-27-14-10-23(34)11-15-27)16-22-8-12-26(13-9-22)41-20-28-29(35)6-5-7-30(28)36/h5-15,24-25,37,39H,16-21H2,1-4H3,(H,38,40). The molecule has 0 spiro atoms. The lowest BCUT2D eigenvalue weighted by Gasteiger charge is -2.47. The molecule has 3 aromatic rings. The Morgan fingerprint density at radius 3 is 2.07 bits per heavy atom. The van der Waals surface area contributed by atoms with Gasteiger partial charge in [-0.05, 0) is 101 Å². The fourth-order valence-corrected chi connectivity index (χ4v) is 6.36. The highest BCUT2D eigenvalue weighted by Gasteiger charge is 2.37. The van der Waals surface area contributed by atoms with Crippen molar-refractivity contribution in [2.75, 3.05) is 13.2 Å². The van der Waals surface area contributed by atoms with Crippen LogP contribution in [-0.2, 0) is 17.8 Å². The number of rotatable bonds is 12. The molecule has 9 heteroatoms. The molecule has 4 rings (SSSR count). The van der Waals surface area contributed by atoms with Crippen LogP contribution in [0, 0.1) is 0 Å². The van der Waals surface area contributed by atoms with Gasteiger partial charge in [0.2, 0.25) is 0 Å². The van der Waals surface area contributed by atoms with E-state index < -0.39 is 0 Å². The third-order valence-corrected chi connectivity index (χ3v) is 8.20. The lowest BCUT2D eigenvalue weighted by atomic mass is 9.79. The highest BCUT2D eigenvalue weighted by atomic mass is 35.5. The Balaban J connectivity index is 1.38. The maximum absolute atomic E-state index is 12.9. The topological polar surface area (TPSA) is 71.6 Å². The molecule has 226 valence electrons. The van der Waals surface area contributed by atoms with Gasteiger partial charge in [-0.15, -0.1) is 0 Å². The Morgan fingerprint density at radius 2 is 1.45 bits per heavy atom. The normalized spacial score (nSPS) is 16.9. The minimum Gasteiger partial charge on any atom is -0.489 e. The summed E-state index contributed by atoms with van der Waals surface area (Å²) in [6.45, 7) is 9.77. The SMILES string of the molecule is CC1(C)CC(NCC(Cc2ccc(OCc3c(Cl)cccc3Cl)cc2)NC(=O)COc2ccc(Cl)cc2)CC(C)(C)N1. The van der Waals surface area contributed by atoms with E-state index in [2.05, 4.69) is 43.6 Å². The second-order valence-electron chi connectivity index (χ2n) is 12.3. The summed E-state index contributed by atoms with van der Waals surface area (Å²) in [6.07, 6.45) is 2.64. The fraction of sp³-hybridized carbons (Fsp3) is 0.424. The molecule has 1 heterocycles. The number of carbonyl (C=O) groups is 1. The van der Waals surface area contributed by atoms with E-state index in [-0.39, 0.29) is 36.2 Å². The maximum Gasteiger partial charge on any atom is 0.258 e. The van der Waals surface area contributed by atoms with Gasteiger partial charge in [-0.3, -0.25) is 4.79 Å². The van der Waals surface area contributed by atoms with Gasteiger partial charge in [0.15, 0.2) is 6.61 Å². The zero-order valence-corrected chi connectivity index (χ0v) is 26.9. The Hall–Kier alpha value is -2.48. The molecule has 0 aliphatic carbocycles. The monoisotopic (exact) mass is 631 g/mol. The summed E-state index contributed by atoms with van der Waals surface area (Å²) >= 11 is 18.5. The lowest BCUT2D eigenvalue weighted by molar-refractivity contribution is -0.123. The van der Waals surface area contributed by atoms with E-state index in [0.29, 0.717) is 45.6 Å². The summed E-state index contributed by atoms with van der Waals surface area (Å²) in [5.74, 6) is 1.13. The number of ether oxygens (including phenoxy) is 2. The Labute approximate surface area is 264 Å². The molecule has 6 nitrogen and oxygen atoms in total. The van der Waals surface area contributed by atoms with E-state index in [1.54, 1.807) is 36.4 Å². The molecule has 0 radical (unpaired) electrons. The first-order valence-electron chi connectivity index (χ1n) is 14.2. The number of nitrogens with one attached hydrogen (secondary N) is 3. The molecule has 1 atom stereocenters. The van der Waals surface area contributed by atoms with Gasteiger partial charge in [0.05, 0.1) is 0 Å². The second kappa shape index (κ2) is 14.3. The molecule has 1 saturated heterocycles. The third kappa shape index (κ3) is 10.1. The molecule has 1 fully saturated rings. The van der Waals surface area contributed by atoms with Gasteiger partial charge < -0.3 is 25.4 Å². The summed E-state index contributed by atoms with van der Waals surface area (Å²) in [4.78, 5) is 12.9. The van der Waals surface area contributed by atoms with Crippen molar-refractivity contribution in [3.05, 3.63) is 92.9 Å². The molecule has 1 aliphatic heterocycles. The van der Waals surface area contributed by atoms with Crippen molar-refractivity contribution in [2.45, 2.75) is 76.7 Å². The predicted octanol–water partition coefficient (Wildman–Crippen LogP) is 7.23. The predicted molar refractivity (Wildman–Crippen MR) is 172 cm³/mol. The third-order valence-electron chi connectivity index (χ3n) is 7.24. The highest BCUT2D eigenvalue weighted by Crippen LogP contribution is 2.29. The van der Waals surface area contributed by atoms with Crippen molar-refractivity contribution in [2.24, 2.45) is 0 Å². The molecule has 0 bridgehead atoms. The van der Waals surface area contributed by atoms with Gasteiger partial charge in [-0.1, -0.05) is 53.0 Å². The second-order valence-corrected chi connectivity index (χ2v) is 13.5. The Morgan fingerprint density at radius 1 is 0.881 bits per heavy atom. The summed E-state index contributed by atoms with van der Waals surface area (Å²) in [6, 6.07) is 20.4. The molecule has 1 aliphatic rings. The van der Waals surface area contributed by atoms with Gasteiger partial charge in [0.1, 0.15) is 18.1 Å². The van der Waals surface area contributed by atoms with Crippen molar-refractivity contribution in [3.8, 4) is 11.5 Å². The molecule has 42 heavy (non-hydrogen) atoms. The van der Waals surface area contributed by atoms with Crippen LogP contribution in [0.25, 0.3) is 0 Å². The number of hydrogen-bond donors (Lipinski definition) is 3. The molecule has 3 N–H and O–H groups in total. The van der Waals surface area contributed by atoms with Gasteiger partial charge in [0, 0.05) is 50.3 Å². The van der Waals surface area contributed by atoms with Gasteiger partial charge in [0.25, 0.3) is 5.91 Å². The first-order chi connectivity index (χ1) is 19.9. The van der Waals surface area contributed by atoms with E-state index in [1.807, 2.05) is 30.3 Å². The van der Waals surface area contributed by atoms with E-state index >= 15 is 0 Å². The zero-order valence-electron chi connectivity index (χ0n) is 24.6. The quantitative estimate of drug-likeness (QED) is 0.197. The Kier molecular flexibility index (Phi) is 11.1. The van der Waals surface area contributed by atoms with Crippen molar-refractivity contribution >= 4 is 40.7 Å². The van der Waals surface area contributed by atoms with E-state index in [0.717, 1.165) is 24.0 Å². The molecule has 0 aromatic heterocycles. The average molecular weight is 633 g/mol. The number of amides is 1. The number of carbonyl (C=O) groups excluding carboxylic acids is 1. The summed E-state index contributed by atoms with van der Waals surface area (Å²) < 4.78 is 11.6. The van der Waals surface area contributed by atoms with E-state index in [4.69, 9.17) is 44.3 Å². The average Bonchev–Trinajstić information content (AvgIpc) is 2.90. The Bertz CT molecular complexity index is 1290. The molecule has 0 saturated carbocycles. The summed E-state index contributed by atoms with van der Waals surface area (Å²) in [5, 5.41) is 12.4. The number of piperidine rings is 1.